The largest absolute Gasteiger partial charge is 0.508 e. The summed E-state index contributed by atoms with van der Waals surface area (Å²) in [6, 6.07) is 16.7. The van der Waals surface area contributed by atoms with E-state index in [1.807, 2.05) is 24.3 Å². The Morgan fingerprint density at radius 3 is 2.63 bits per heavy atom. The Labute approximate surface area is 167 Å². The monoisotopic (exact) mass is 384 g/mol. The molecule has 3 nitrogen and oxygen atoms in total. The predicted molar refractivity (Wildman–Crippen MR) is 111 cm³/mol. The van der Waals surface area contributed by atoms with Gasteiger partial charge in [0, 0.05) is 43.8 Å². The normalized spacial score (nSPS) is 29.4. The van der Waals surface area contributed by atoms with Gasteiger partial charge in [-0.15, -0.1) is 0 Å². The van der Waals surface area contributed by atoms with Gasteiger partial charge in [-0.25, -0.2) is 0 Å². The van der Waals surface area contributed by atoms with Crippen LogP contribution in [0, 0.1) is 5.92 Å². The molecule has 1 N–H and O–H groups in total. The van der Waals surface area contributed by atoms with Crippen molar-refractivity contribution in [1.82, 2.24) is 9.80 Å². The van der Waals surface area contributed by atoms with E-state index >= 15 is 0 Å². The number of hydrogen-bond donors (Lipinski definition) is 1. The second-order valence-electron chi connectivity index (χ2n) is 8.58. The quantitative estimate of drug-likeness (QED) is 0.842. The van der Waals surface area contributed by atoms with Gasteiger partial charge in [-0.1, -0.05) is 49.7 Å². The fourth-order valence-corrected chi connectivity index (χ4v) is 5.02. The van der Waals surface area contributed by atoms with Crippen molar-refractivity contribution >= 4 is 11.6 Å². The fraction of sp³-hybridized carbons (Fsp3) is 0.478. The Bertz CT molecular complexity index is 793. The van der Waals surface area contributed by atoms with Crippen molar-refractivity contribution in [3.63, 3.8) is 0 Å². The molecule has 2 aliphatic rings. The van der Waals surface area contributed by atoms with Crippen molar-refractivity contribution in [3.05, 3.63) is 64.7 Å². The van der Waals surface area contributed by atoms with Crippen LogP contribution in [0.5, 0.6) is 5.75 Å². The number of phenols is 1. The molecule has 0 radical (unpaired) electrons. The number of piperidine rings is 1. The highest BCUT2D eigenvalue weighted by molar-refractivity contribution is 6.30. The Morgan fingerprint density at radius 2 is 1.89 bits per heavy atom. The second kappa shape index (κ2) is 7.46. The standard InChI is InChI=1S/C23H29ClN2O/c1-17-14-26-11-10-25(15-18-6-8-20(24)9-7-18)16-21(26)13-23(17,2)19-4-3-5-22(27)12-19/h3-9,12,17,21,27H,10-11,13-16H2,1-2H3/t17?,21?,23-/m1/s1. The van der Waals surface area contributed by atoms with E-state index in [2.05, 4.69) is 41.8 Å². The molecule has 0 spiro atoms. The number of fused-ring (bicyclic) bond motifs is 1. The van der Waals surface area contributed by atoms with Gasteiger partial charge >= 0.3 is 0 Å². The minimum absolute atomic E-state index is 0.100. The number of piperazine rings is 1. The van der Waals surface area contributed by atoms with Crippen LogP contribution in [0.1, 0.15) is 31.4 Å². The minimum atomic E-state index is 0.100. The number of rotatable bonds is 3. The van der Waals surface area contributed by atoms with Gasteiger partial charge < -0.3 is 5.11 Å². The first-order valence-electron chi connectivity index (χ1n) is 9.94. The van der Waals surface area contributed by atoms with Gasteiger partial charge in [-0.05, 0) is 53.1 Å². The van der Waals surface area contributed by atoms with Gasteiger partial charge in [0.25, 0.3) is 0 Å². The van der Waals surface area contributed by atoms with Crippen LogP contribution in [0.3, 0.4) is 0 Å². The molecule has 0 amide bonds. The van der Waals surface area contributed by atoms with Crippen molar-refractivity contribution in [2.75, 3.05) is 26.2 Å². The molecular formula is C23H29ClN2O. The lowest BCUT2D eigenvalue weighted by molar-refractivity contribution is -0.00557. The summed E-state index contributed by atoms with van der Waals surface area (Å²) < 4.78 is 0. The van der Waals surface area contributed by atoms with Gasteiger partial charge in [0.05, 0.1) is 0 Å². The number of nitrogens with zero attached hydrogens (tertiary/aromatic N) is 2. The van der Waals surface area contributed by atoms with Crippen LogP contribution in [-0.2, 0) is 12.0 Å². The Morgan fingerprint density at radius 1 is 1.11 bits per heavy atom. The van der Waals surface area contributed by atoms with Crippen LogP contribution in [-0.4, -0.2) is 47.1 Å². The molecule has 2 unspecified atom stereocenters. The summed E-state index contributed by atoms with van der Waals surface area (Å²) in [5.41, 5.74) is 2.70. The Hall–Kier alpha value is -1.55. The Balaban J connectivity index is 1.49. The molecule has 0 aliphatic carbocycles. The van der Waals surface area contributed by atoms with E-state index in [1.165, 1.54) is 11.1 Å². The predicted octanol–water partition coefficient (Wildman–Crippen LogP) is 4.53. The van der Waals surface area contributed by atoms with Gasteiger partial charge in [-0.2, -0.15) is 0 Å². The van der Waals surface area contributed by atoms with E-state index < -0.39 is 0 Å². The molecule has 3 atom stereocenters. The van der Waals surface area contributed by atoms with Crippen molar-refractivity contribution in [2.24, 2.45) is 5.92 Å². The molecular weight excluding hydrogens is 356 g/mol. The number of hydrogen-bond acceptors (Lipinski definition) is 3. The van der Waals surface area contributed by atoms with Crippen LogP contribution in [0.2, 0.25) is 5.02 Å². The average Bonchev–Trinajstić information content (AvgIpc) is 2.65. The molecule has 0 bridgehead atoms. The molecule has 2 saturated heterocycles. The van der Waals surface area contributed by atoms with Crippen molar-refractivity contribution in [1.29, 1.82) is 0 Å². The first-order chi connectivity index (χ1) is 12.9. The molecule has 2 aromatic rings. The maximum Gasteiger partial charge on any atom is 0.115 e. The molecule has 2 aliphatic heterocycles. The zero-order valence-corrected chi connectivity index (χ0v) is 17.0. The summed E-state index contributed by atoms with van der Waals surface area (Å²) >= 11 is 6.02. The molecule has 2 aromatic carbocycles. The first-order valence-corrected chi connectivity index (χ1v) is 10.3. The number of benzene rings is 2. The molecule has 2 heterocycles. The fourth-order valence-electron chi connectivity index (χ4n) is 4.89. The highest BCUT2D eigenvalue weighted by Crippen LogP contribution is 2.43. The Kier molecular flexibility index (Phi) is 5.19. The SMILES string of the molecule is CC1CN2CCN(Cc3ccc(Cl)cc3)CC2C[C@@]1(C)c1cccc(O)c1. The zero-order valence-electron chi connectivity index (χ0n) is 16.2. The molecule has 0 saturated carbocycles. The van der Waals surface area contributed by atoms with E-state index in [4.69, 9.17) is 11.6 Å². The van der Waals surface area contributed by atoms with E-state index in [1.54, 1.807) is 6.07 Å². The van der Waals surface area contributed by atoms with Gasteiger partial charge in [0.15, 0.2) is 0 Å². The van der Waals surface area contributed by atoms with Gasteiger partial charge in [0.2, 0.25) is 0 Å². The van der Waals surface area contributed by atoms with E-state index in [-0.39, 0.29) is 5.41 Å². The number of phenolic OH excluding ortho intramolecular Hbond substituents is 1. The minimum Gasteiger partial charge on any atom is -0.508 e. The maximum absolute atomic E-state index is 9.97. The molecule has 4 rings (SSSR count). The second-order valence-corrected chi connectivity index (χ2v) is 9.02. The third kappa shape index (κ3) is 3.87. The number of aromatic hydroxyl groups is 1. The van der Waals surface area contributed by atoms with E-state index in [0.717, 1.165) is 44.2 Å². The molecule has 27 heavy (non-hydrogen) atoms. The lowest BCUT2D eigenvalue weighted by Gasteiger charge is -2.53. The summed E-state index contributed by atoms with van der Waals surface area (Å²) in [5.74, 6) is 0.940. The molecule has 0 aromatic heterocycles. The summed E-state index contributed by atoms with van der Waals surface area (Å²) in [6.07, 6.45) is 1.13. The third-order valence-corrected chi connectivity index (χ3v) is 7.02. The molecule has 4 heteroatoms. The average molecular weight is 385 g/mol. The van der Waals surface area contributed by atoms with Crippen LogP contribution in [0.15, 0.2) is 48.5 Å². The third-order valence-electron chi connectivity index (χ3n) is 6.77. The topological polar surface area (TPSA) is 26.7 Å². The first kappa shape index (κ1) is 18.8. The molecule has 2 fully saturated rings. The van der Waals surface area contributed by atoms with Crippen molar-refractivity contribution in [3.8, 4) is 5.75 Å². The summed E-state index contributed by atoms with van der Waals surface area (Å²) in [4.78, 5) is 5.25. The van der Waals surface area contributed by atoms with E-state index in [0.29, 0.717) is 17.7 Å². The van der Waals surface area contributed by atoms with Crippen molar-refractivity contribution in [2.45, 2.75) is 38.3 Å². The lowest BCUT2D eigenvalue weighted by atomic mass is 9.65. The van der Waals surface area contributed by atoms with Crippen molar-refractivity contribution < 1.29 is 5.11 Å². The van der Waals surface area contributed by atoms with Gasteiger partial charge in [-0.3, -0.25) is 9.80 Å². The number of halogens is 1. The molecule has 144 valence electrons. The van der Waals surface area contributed by atoms with E-state index in [9.17, 15) is 5.11 Å². The van der Waals surface area contributed by atoms with Gasteiger partial charge in [0.1, 0.15) is 5.75 Å². The smallest absolute Gasteiger partial charge is 0.115 e. The summed E-state index contributed by atoms with van der Waals surface area (Å²) in [7, 11) is 0. The van der Waals surface area contributed by atoms with Crippen LogP contribution < -0.4 is 0 Å². The summed E-state index contributed by atoms with van der Waals surface area (Å²) in [6.45, 7) is 10.2. The lowest BCUT2D eigenvalue weighted by Crippen LogP contribution is -2.60. The summed E-state index contributed by atoms with van der Waals surface area (Å²) in [5, 5.41) is 10.8. The maximum atomic E-state index is 9.97. The highest BCUT2D eigenvalue weighted by Gasteiger charge is 2.44. The van der Waals surface area contributed by atoms with Crippen LogP contribution in [0.25, 0.3) is 0 Å². The zero-order chi connectivity index (χ0) is 19.0. The highest BCUT2D eigenvalue weighted by atomic mass is 35.5. The van der Waals surface area contributed by atoms with Crippen LogP contribution >= 0.6 is 11.6 Å². The van der Waals surface area contributed by atoms with Crippen LogP contribution in [0.4, 0.5) is 0 Å².